The van der Waals surface area contributed by atoms with E-state index >= 15 is 0 Å². The van der Waals surface area contributed by atoms with E-state index in [1.165, 1.54) is 6.92 Å². The Kier molecular flexibility index (Phi) is 1.85. The third kappa shape index (κ3) is 1.24. The van der Waals surface area contributed by atoms with Crippen molar-refractivity contribution in [2.75, 3.05) is 0 Å². The molecule has 0 fully saturated rings. The third-order valence-electron chi connectivity index (χ3n) is 1.17. The molecular weight excluding hydrogens is 125 g/mol. The molecule has 0 spiro atoms. The van der Waals surface area contributed by atoms with E-state index in [1.807, 2.05) is 0 Å². The molecule has 0 saturated heterocycles. The van der Waals surface area contributed by atoms with Gasteiger partial charge in [0.15, 0.2) is 5.78 Å². The minimum atomic E-state index is -0.0990. The van der Waals surface area contributed by atoms with Crippen LogP contribution in [-0.4, -0.2) is 18.6 Å². The molecule has 1 rings (SSSR count). The van der Waals surface area contributed by atoms with Crippen LogP contribution in [0.4, 0.5) is 0 Å². The lowest BCUT2D eigenvalue weighted by Crippen LogP contribution is -2.15. The molecule has 0 saturated carbocycles. The molecule has 2 nitrogen and oxygen atoms in total. The predicted molar refractivity (Wildman–Crippen MR) is 39.6 cm³/mol. The van der Waals surface area contributed by atoms with Gasteiger partial charge in [-0.25, -0.2) is 0 Å². The molecule has 0 aliphatic carbocycles. The highest BCUT2D eigenvalue weighted by Crippen LogP contribution is 1.88. The standard InChI is InChI=1S/C7H6BNO/c1-5(10)7-6(8)3-2-4-9-7/h2-4H,1H3. The predicted octanol–water partition coefficient (Wildman–Crippen LogP) is 0.0780. The van der Waals surface area contributed by atoms with Crippen molar-refractivity contribution in [1.29, 1.82) is 0 Å². The average molecular weight is 131 g/mol. The zero-order chi connectivity index (χ0) is 7.56. The van der Waals surface area contributed by atoms with Gasteiger partial charge in [-0.1, -0.05) is 11.5 Å². The summed E-state index contributed by atoms with van der Waals surface area (Å²) in [6, 6.07) is 3.35. The lowest BCUT2D eigenvalue weighted by atomic mass is 9.93. The Morgan fingerprint density at radius 2 is 2.40 bits per heavy atom. The second kappa shape index (κ2) is 2.65. The van der Waals surface area contributed by atoms with Crippen LogP contribution in [0.25, 0.3) is 0 Å². The lowest BCUT2D eigenvalue weighted by molar-refractivity contribution is 0.101. The number of Topliss-reactive ketones (excluding diaryl/α,β-unsaturated/α-hetero) is 1. The molecule has 0 bridgehead atoms. The van der Waals surface area contributed by atoms with E-state index in [4.69, 9.17) is 7.85 Å². The minimum Gasteiger partial charge on any atom is -0.293 e. The van der Waals surface area contributed by atoms with Crippen molar-refractivity contribution in [3.8, 4) is 0 Å². The third-order valence-corrected chi connectivity index (χ3v) is 1.17. The number of carbonyl (C=O) groups is 1. The van der Waals surface area contributed by atoms with Crippen LogP contribution in [0.15, 0.2) is 18.3 Å². The van der Waals surface area contributed by atoms with E-state index in [1.54, 1.807) is 18.3 Å². The largest absolute Gasteiger partial charge is 0.293 e. The highest BCUT2D eigenvalue weighted by Gasteiger charge is 2.01. The van der Waals surface area contributed by atoms with Crippen LogP contribution in [0.3, 0.4) is 0 Å². The number of pyridine rings is 1. The highest BCUT2D eigenvalue weighted by atomic mass is 16.1. The van der Waals surface area contributed by atoms with Gasteiger partial charge in [-0.15, -0.1) is 0 Å². The maximum absolute atomic E-state index is 10.7. The summed E-state index contributed by atoms with van der Waals surface area (Å²) in [6.45, 7) is 1.44. The molecule has 1 heterocycles. The van der Waals surface area contributed by atoms with Gasteiger partial charge in [-0.05, 0) is 6.07 Å². The monoisotopic (exact) mass is 131 g/mol. The Balaban J connectivity index is 3.15. The summed E-state index contributed by atoms with van der Waals surface area (Å²) >= 11 is 0. The molecule has 0 aliphatic rings. The molecule has 0 unspecified atom stereocenters. The number of ketones is 1. The molecule has 3 heteroatoms. The average Bonchev–Trinajstić information content (AvgIpc) is 1.88. The van der Waals surface area contributed by atoms with E-state index in [-0.39, 0.29) is 5.78 Å². The number of carbonyl (C=O) groups excluding carboxylic acids is 1. The zero-order valence-corrected chi connectivity index (χ0v) is 5.66. The topological polar surface area (TPSA) is 30.0 Å². The maximum atomic E-state index is 10.7. The van der Waals surface area contributed by atoms with Gasteiger partial charge in [0, 0.05) is 13.1 Å². The number of nitrogens with zero attached hydrogens (tertiary/aromatic N) is 1. The summed E-state index contributed by atoms with van der Waals surface area (Å²) in [5.74, 6) is -0.0990. The summed E-state index contributed by atoms with van der Waals surface area (Å²) in [6.07, 6.45) is 1.55. The summed E-state index contributed by atoms with van der Waals surface area (Å²) < 4.78 is 0. The summed E-state index contributed by atoms with van der Waals surface area (Å²) in [7, 11) is 5.44. The van der Waals surface area contributed by atoms with Crippen LogP contribution in [-0.2, 0) is 0 Å². The Bertz CT molecular complexity index is 260. The zero-order valence-electron chi connectivity index (χ0n) is 5.66. The van der Waals surface area contributed by atoms with Crippen molar-refractivity contribution >= 4 is 19.1 Å². The van der Waals surface area contributed by atoms with E-state index < -0.39 is 0 Å². The fourth-order valence-corrected chi connectivity index (χ4v) is 0.712. The summed E-state index contributed by atoms with van der Waals surface area (Å²) in [4.78, 5) is 14.5. The fourth-order valence-electron chi connectivity index (χ4n) is 0.712. The molecule has 0 N–H and O–H groups in total. The van der Waals surface area contributed by atoms with Gasteiger partial charge < -0.3 is 0 Å². The van der Waals surface area contributed by atoms with Crippen LogP contribution in [0.1, 0.15) is 17.4 Å². The molecule has 10 heavy (non-hydrogen) atoms. The molecule has 1 aromatic rings. The normalized spacial score (nSPS) is 9.30. The van der Waals surface area contributed by atoms with Crippen molar-refractivity contribution in [3.05, 3.63) is 24.0 Å². The van der Waals surface area contributed by atoms with Crippen molar-refractivity contribution in [2.24, 2.45) is 0 Å². The van der Waals surface area contributed by atoms with Crippen molar-refractivity contribution in [3.63, 3.8) is 0 Å². The fraction of sp³-hybridized carbons (Fsp3) is 0.143. The van der Waals surface area contributed by atoms with Crippen molar-refractivity contribution in [2.45, 2.75) is 6.92 Å². The van der Waals surface area contributed by atoms with E-state index in [2.05, 4.69) is 4.98 Å². The van der Waals surface area contributed by atoms with Gasteiger partial charge in [0.2, 0.25) is 0 Å². The van der Waals surface area contributed by atoms with Gasteiger partial charge >= 0.3 is 0 Å². The lowest BCUT2D eigenvalue weighted by Gasteiger charge is -1.97. The Morgan fingerprint density at radius 1 is 1.70 bits per heavy atom. The number of hydrogen-bond acceptors (Lipinski definition) is 2. The summed E-state index contributed by atoms with van der Waals surface area (Å²) in [5, 5.41) is 0. The molecule has 48 valence electrons. The first-order valence-electron chi connectivity index (χ1n) is 2.93. The second-order valence-corrected chi connectivity index (χ2v) is 2.00. The molecule has 0 amide bonds. The van der Waals surface area contributed by atoms with Crippen LogP contribution >= 0.6 is 0 Å². The molecule has 0 aliphatic heterocycles. The first-order valence-corrected chi connectivity index (χ1v) is 2.93. The molecule has 0 atom stereocenters. The van der Waals surface area contributed by atoms with E-state index in [9.17, 15) is 4.79 Å². The van der Waals surface area contributed by atoms with Crippen LogP contribution < -0.4 is 5.46 Å². The molecule has 1 aromatic heterocycles. The van der Waals surface area contributed by atoms with E-state index in [0.29, 0.717) is 11.2 Å². The Hall–Kier alpha value is -1.12. The maximum Gasteiger partial charge on any atom is 0.177 e. The van der Waals surface area contributed by atoms with Crippen LogP contribution in [0, 0.1) is 0 Å². The Morgan fingerprint density at radius 3 is 2.80 bits per heavy atom. The molecule has 2 radical (unpaired) electrons. The first-order chi connectivity index (χ1) is 4.72. The first kappa shape index (κ1) is 7.00. The van der Waals surface area contributed by atoms with Gasteiger partial charge in [0.1, 0.15) is 7.85 Å². The number of rotatable bonds is 1. The molecular formula is C7H6BNO. The van der Waals surface area contributed by atoms with E-state index in [0.717, 1.165) is 0 Å². The van der Waals surface area contributed by atoms with Gasteiger partial charge in [-0.3, -0.25) is 9.78 Å². The number of aromatic nitrogens is 1. The van der Waals surface area contributed by atoms with Crippen LogP contribution in [0.5, 0.6) is 0 Å². The summed E-state index contributed by atoms with van der Waals surface area (Å²) in [5.41, 5.74) is 0.789. The van der Waals surface area contributed by atoms with Crippen molar-refractivity contribution < 1.29 is 4.79 Å². The van der Waals surface area contributed by atoms with Crippen LogP contribution in [0.2, 0.25) is 0 Å². The highest BCUT2D eigenvalue weighted by molar-refractivity contribution is 6.36. The van der Waals surface area contributed by atoms with Gasteiger partial charge in [0.25, 0.3) is 0 Å². The second-order valence-electron chi connectivity index (χ2n) is 2.00. The molecule has 0 aromatic carbocycles. The Labute approximate surface area is 60.7 Å². The van der Waals surface area contributed by atoms with Gasteiger partial charge in [0.05, 0.1) is 5.69 Å². The van der Waals surface area contributed by atoms with Gasteiger partial charge in [-0.2, -0.15) is 0 Å². The quantitative estimate of drug-likeness (QED) is 0.399. The minimum absolute atomic E-state index is 0.0990. The van der Waals surface area contributed by atoms with Crippen molar-refractivity contribution in [1.82, 2.24) is 4.98 Å². The smallest absolute Gasteiger partial charge is 0.177 e. The number of hydrogen-bond donors (Lipinski definition) is 0. The SMILES string of the molecule is [B]c1cccnc1C(C)=O.